The summed E-state index contributed by atoms with van der Waals surface area (Å²) in [6.07, 6.45) is 2.39. The van der Waals surface area contributed by atoms with Gasteiger partial charge in [-0.05, 0) is 31.2 Å². The van der Waals surface area contributed by atoms with Crippen molar-refractivity contribution in [3.05, 3.63) is 42.5 Å². The van der Waals surface area contributed by atoms with Crippen LogP contribution in [0.3, 0.4) is 0 Å². The van der Waals surface area contributed by atoms with E-state index in [1.54, 1.807) is 4.90 Å². The molecular weight excluding hydrogens is 420 g/mol. The van der Waals surface area contributed by atoms with Gasteiger partial charge in [0.2, 0.25) is 0 Å². The van der Waals surface area contributed by atoms with E-state index in [1.807, 2.05) is 47.7 Å². The summed E-state index contributed by atoms with van der Waals surface area (Å²) in [4.78, 5) is 17.6. The molecule has 3 N–H and O–H groups in total. The van der Waals surface area contributed by atoms with Crippen LogP contribution in [0.5, 0.6) is 5.75 Å². The highest BCUT2D eigenvalue weighted by molar-refractivity contribution is 6.01. The second kappa shape index (κ2) is 9.03. The van der Waals surface area contributed by atoms with Crippen molar-refractivity contribution in [3.63, 3.8) is 0 Å². The van der Waals surface area contributed by atoms with E-state index in [9.17, 15) is 4.79 Å². The van der Waals surface area contributed by atoms with Gasteiger partial charge < -0.3 is 19.8 Å². The van der Waals surface area contributed by atoms with Gasteiger partial charge in [-0.2, -0.15) is 0 Å². The second-order valence-electron chi connectivity index (χ2n) is 8.01. The van der Waals surface area contributed by atoms with Gasteiger partial charge in [-0.3, -0.25) is 14.9 Å². The number of hydrogen-bond donors (Lipinski definition) is 2. The van der Waals surface area contributed by atoms with Crippen molar-refractivity contribution in [3.8, 4) is 17.0 Å². The van der Waals surface area contributed by atoms with Crippen LogP contribution in [0.2, 0.25) is 0 Å². The maximum Gasteiger partial charge on any atom is 0.414 e. The number of aliphatic imine (C=N–C) groups is 1. The number of ether oxygens (including phenoxy) is 2. The molecule has 2 aromatic carbocycles. The maximum atomic E-state index is 11.9. The van der Waals surface area contributed by atoms with Crippen molar-refractivity contribution in [1.29, 1.82) is 0 Å². The van der Waals surface area contributed by atoms with Crippen LogP contribution in [0.1, 0.15) is 13.3 Å². The largest absolute Gasteiger partial charge is 0.493 e. The molecule has 0 unspecified atom stereocenters. The molecule has 9 nitrogen and oxygen atoms in total. The Morgan fingerprint density at radius 2 is 2.06 bits per heavy atom. The summed E-state index contributed by atoms with van der Waals surface area (Å²) >= 11 is 0. The molecule has 0 aliphatic carbocycles. The topological polar surface area (TPSA) is 97.3 Å². The van der Waals surface area contributed by atoms with E-state index in [2.05, 4.69) is 28.0 Å². The van der Waals surface area contributed by atoms with Gasteiger partial charge in [0.25, 0.3) is 0 Å². The summed E-state index contributed by atoms with van der Waals surface area (Å²) in [7, 11) is 0. The zero-order valence-corrected chi connectivity index (χ0v) is 18.7. The molecule has 0 spiro atoms. The number of carbonyl (C=O) groups is 1. The number of carbonyl (C=O) groups excluding carboxylic acids is 1. The molecule has 1 fully saturated rings. The molecule has 1 saturated heterocycles. The van der Waals surface area contributed by atoms with E-state index in [4.69, 9.17) is 15.2 Å². The molecular formula is C24H28N6O3. The molecule has 5 rings (SSSR count). The fourth-order valence-electron chi connectivity index (χ4n) is 4.39. The van der Waals surface area contributed by atoms with Crippen LogP contribution in [0.15, 0.2) is 47.5 Å². The Hall–Kier alpha value is -3.72. The summed E-state index contributed by atoms with van der Waals surface area (Å²) in [5.41, 5.74) is 14.3. The Kier molecular flexibility index (Phi) is 5.78. The number of nitrogens with one attached hydrogen (secondary N) is 1. The van der Waals surface area contributed by atoms with E-state index in [0.717, 1.165) is 58.8 Å². The highest BCUT2D eigenvalue weighted by atomic mass is 16.6. The minimum Gasteiger partial charge on any atom is -0.493 e. The molecule has 3 heterocycles. The second-order valence-corrected chi connectivity index (χ2v) is 8.01. The fourth-order valence-corrected chi connectivity index (χ4v) is 4.39. The highest BCUT2D eigenvalue weighted by Gasteiger charge is 2.24. The van der Waals surface area contributed by atoms with Gasteiger partial charge in [0.15, 0.2) is 0 Å². The fraction of sp³-hybridized carbons (Fsp3) is 0.333. The predicted molar refractivity (Wildman–Crippen MR) is 129 cm³/mol. The van der Waals surface area contributed by atoms with Crippen molar-refractivity contribution in [2.45, 2.75) is 19.9 Å². The van der Waals surface area contributed by atoms with Crippen molar-refractivity contribution in [2.75, 3.05) is 43.6 Å². The lowest BCUT2D eigenvalue weighted by atomic mass is 10.1. The molecule has 0 radical (unpaired) electrons. The molecule has 9 heteroatoms. The van der Waals surface area contributed by atoms with Crippen molar-refractivity contribution < 1.29 is 14.3 Å². The number of benzene rings is 2. The monoisotopic (exact) mass is 448 g/mol. The number of fused-ring (bicyclic) bond motifs is 1. The van der Waals surface area contributed by atoms with Crippen molar-refractivity contribution in [1.82, 2.24) is 15.0 Å². The van der Waals surface area contributed by atoms with E-state index in [-0.39, 0.29) is 6.09 Å². The smallest absolute Gasteiger partial charge is 0.414 e. The molecule has 0 bridgehead atoms. The summed E-state index contributed by atoms with van der Waals surface area (Å²) in [6.45, 7) is 5.98. The molecule has 172 valence electrons. The van der Waals surface area contributed by atoms with Gasteiger partial charge in [0, 0.05) is 42.2 Å². The number of hydrogen-bond acceptors (Lipinski definition) is 7. The Bertz CT molecular complexity index is 1190. The zero-order valence-electron chi connectivity index (χ0n) is 18.7. The third-order valence-corrected chi connectivity index (χ3v) is 6.00. The summed E-state index contributed by atoms with van der Waals surface area (Å²) in [6, 6.07) is 13.9. The number of nitrogen functional groups attached to an aromatic ring is 1. The SMILES string of the molecule is CCn1c(-c2ccc(N3CCOC3=O)cc2)c(N)c2ccc(OCCCN3C=NCN3)cc21. The van der Waals surface area contributed by atoms with Crippen LogP contribution in [-0.4, -0.2) is 55.0 Å². The first kappa shape index (κ1) is 21.1. The van der Waals surface area contributed by atoms with Gasteiger partial charge >= 0.3 is 6.09 Å². The molecule has 33 heavy (non-hydrogen) atoms. The number of amides is 1. The van der Waals surface area contributed by atoms with E-state index >= 15 is 0 Å². The van der Waals surface area contributed by atoms with Crippen LogP contribution in [-0.2, 0) is 11.3 Å². The van der Waals surface area contributed by atoms with Gasteiger partial charge in [-0.15, -0.1) is 0 Å². The minimum atomic E-state index is -0.303. The Labute approximate surface area is 192 Å². The number of aryl methyl sites for hydroxylation is 1. The number of hydrazine groups is 1. The average molecular weight is 449 g/mol. The molecule has 0 saturated carbocycles. The van der Waals surface area contributed by atoms with Crippen molar-refractivity contribution in [2.24, 2.45) is 4.99 Å². The van der Waals surface area contributed by atoms with E-state index in [1.165, 1.54) is 0 Å². The number of cyclic esters (lactones) is 1. The Morgan fingerprint density at radius 3 is 2.76 bits per heavy atom. The summed E-state index contributed by atoms with van der Waals surface area (Å²) in [5, 5.41) is 2.98. The van der Waals surface area contributed by atoms with Crippen LogP contribution in [0.25, 0.3) is 22.2 Å². The lowest BCUT2D eigenvalue weighted by Gasteiger charge is -2.15. The number of anilines is 2. The lowest BCUT2D eigenvalue weighted by Crippen LogP contribution is -2.32. The first-order chi connectivity index (χ1) is 16.2. The molecule has 2 aliphatic heterocycles. The molecule has 0 atom stereocenters. The van der Waals surface area contributed by atoms with E-state index < -0.39 is 0 Å². The molecule has 2 aliphatic rings. The Balaban J connectivity index is 1.37. The number of rotatable bonds is 8. The number of aromatic nitrogens is 1. The molecule has 1 aromatic heterocycles. The van der Waals surface area contributed by atoms with E-state index in [0.29, 0.717) is 26.4 Å². The van der Waals surface area contributed by atoms with Crippen LogP contribution in [0.4, 0.5) is 16.2 Å². The van der Waals surface area contributed by atoms with Crippen LogP contribution < -0.4 is 20.8 Å². The predicted octanol–water partition coefficient (Wildman–Crippen LogP) is 3.44. The van der Waals surface area contributed by atoms with Crippen LogP contribution in [0, 0.1) is 0 Å². The number of nitrogens with two attached hydrogens (primary N) is 1. The highest BCUT2D eigenvalue weighted by Crippen LogP contribution is 2.38. The maximum absolute atomic E-state index is 11.9. The van der Waals surface area contributed by atoms with Crippen LogP contribution >= 0.6 is 0 Å². The lowest BCUT2D eigenvalue weighted by molar-refractivity contribution is 0.181. The molecule has 1 amide bonds. The first-order valence-electron chi connectivity index (χ1n) is 11.2. The third-order valence-electron chi connectivity index (χ3n) is 6.00. The third kappa shape index (κ3) is 4.07. The minimum absolute atomic E-state index is 0.303. The number of nitrogens with zero attached hydrogens (tertiary/aromatic N) is 4. The summed E-state index contributed by atoms with van der Waals surface area (Å²) < 4.78 is 13.3. The quantitative estimate of drug-likeness (QED) is 0.513. The normalized spacial score (nSPS) is 15.6. The molecule has 3 aromatic rings. The zero-order chi connectivity index (χ0) is 22.8. The van der Waals surface area contributed by atoms with Gasteiger partial charge in [0.05, 0.1) is 30.0 Å². The first-order valence-corrected chi connectivity index (χ1v) is 11.2. The van der Waals surface area contributed by atoms with Gasteiger partial charge in [-0.25, -0.2) is 10.2 Å². The van der Waals surface area contributed by atoms with Gasteiger partial charge in [-0.1, -0.05) is 12.1 Å². The summed E-state index contributed by atoms with van der Waals surface area (Å²) in [5.74, 6) is 0.826. The van der Waals surface area contributed by atoms with Crippen molar-refractivity contribution >= 4 is 34.7 Å². The van der Waals surface area contributed by atoms with Gasteiger partial charge in [0.1, 0.15) is 25.4 Å². The average Bonchev–Trinajstić information content (AvgIpc) is 3.57. The standard InChI is InChI=1S/C24H28N6O3/c1-2-29-21-14-19(32-12-3-10-28-16-26-15-27-28)8-9-20(21)22(25)23(29)17-4-6-18(7-5-17)30-11-13-33-24(30)31/h4-9,14,16,27H,2-3,10-13,15,25H2,1H3. The Morgan fingerprint density at radius 1 is 1.21 bits per heavy atom.